The van der Waals surface area contributed by atoms with Gasteiger partial charge in [-0.1, -0.05) is 54.6 Å². The third-order valence-electron chi connectivity index (χ3n) is 5.97. The number of methoxy groups -OCH3 is 1. The Morgan fingerprint density at radius 3 is 2.32 bits per heavy atom. The molecule has 3 aromatic carbocycles. The van der Waals surface area contributed by atoms with Gasteiger partial charge in [0, 0.05) is 6.54 Å². The molecule has 0 aromatic heterocycles. The maximum Gasteiger partial charge on any atom is 0.407 e. The first-order valence-electron chi connectivity index (χ1n) is 12.5. The lowest BCUT2D eigenvalue weighted by Gasteiger charge is -2.13. The zero-order chi connectivity index (χ0) is 26.5. The van der Waals surface area contributed by atoms with Crippen LogP contribution in [0.3, 0.4) is 0 Å². The predicted octanol–water partition coefficient (Wildman–Crippen LogP) is 4.91. The Kier molecular flexibility index (Phi) is 10.8. The molecule has 0 fully saturated rings. The van der Waals surface area contributed by atoms with Crippen LogP contribution in [0.1, 0.15) is 34.2 Å². The summed E-state index contributed by atoms with van der Waals surface area (Å²) in [5.74, 6) is 1.04. The van der Waals surface area contributed by atoms with Crippen LogP contribution in [-0.4, -0.2) is 38.8 Å². The second-order valence-corrected chi connectivity index (χ2v) is 8.87. The molecule has 0 spiro atoms. The predicted molar refractivity (Wildman–Crippen MR) is 144 cm³/mol. The van der Waals surface area contributed by atoms with Gasteiger partial charge in [0.05, 0.1) is 20.1 Å². The highest BCUT2D eigenvalue weighted by Crippen LogP contribution is 2.28. The van der Waals surface area contributed by atoms with Crippen molar-refractivity contribution in [2.75, 3.05) is 26.8 Å². The molecule has 3 aromatic rings. The summed E-state index contributed by atoms with van der Waals surface area (Å²) < 4.78 is 16.3. The molecule has 0 aliphatic rings. The summed E-state index contributed by atoms with van der Waals surface area (Å²) in [5, 5.41) is 5.65. The Bertz CT molecular complexity index is 1160. The Hall–Kier alpha value is -4.00. The van der Waals surface area contributed by atoms with E-state index in [9.17, 15) is 9.59 Å². The smallest absolute Gasteiger partial charge is 0.407 e. The second-order valence-electron chi connectivity index (χ2n) is 8.87. The third kappa shape index (κ3) is 9.52. The maximum absolute atomic E-state index is 12.4. The fourth-order valence-corrected chi connectivity index (χ4v) is 3.76. The van der Waals surface area contributed by atoms with Gasteiger partial charge in [-0.3, -0.25) is 4.79 Å². The zero-order valence-corrected chi connectivity index (χ0v) is 21.8. The van der Waals surface area contributed by atoms with Crippen LogP contribution < -0.4 is 20.1 Å². The van der Waals surface area contributed by atoms with Crippen molar-refractivity contribution in [3.8, 4) is 11.5 Å². The molecular weight excluding hydrogens is 468 g/mol. The molecule has 37 heavy (non-hydrogen) atoms. The summed E-state index contributed by atoms with van der Waals surface area (Å²) in [5.41, 5.74) is 5.63. The number of carbonyl (C=O) groups is 2. The maximum atomic E-state index is 12.4. The topological polar surface area (TPSA) is 85.9 Å². The van der Waals surface area contributed by atoms with E-state index in [0.29, 0.717) is 18.0 Å². The monoisotopic (exact) mass is 504 g/mol. The average molecular weight is 505 g/mol. The Morgan fingerprint density at radius 1 is 0.784 bits per heavy atom. The average Bonchev–Trinajstić information content (AvgIpc) is 2.91. The quantitative estimate of drug-likeness (QED) is 0.323. The minimum atomic E-state index is -0.505. The number of hydrogen-bond donors (Lipinski definition) is 2. The van der Waals surface area contributed by atoms with Crippen molar-refractivity contribution in [1.29, 1.82) is 0 Å². The van der Waals surface area contributed by atoms with E-state index in [2.05, 4.69) is 42.7 Å². The van der Waals surface area contributed by atoms with Gasteiger partial charge < -0.3 is 24.8 Å². The number of hydrogen-bond acceptors (Lipinski definition) is 5. The van der Waals surface area contributed by atoms with Gasteiger partial charge >= 0.3 is 6.09 Å². The van der Waals surface area contributed by atoms with E-state index in [4.69, 9.17) is 14.2 Å². The number of nitrogens with one attached hydrogen (secondary N) is 2. The van der Waals surface area contributed by atoms with E-state index in [1.807, 2.05) is 36.4 Å². The molecule has 2 amide bonds. The van der Waals surface area contributed by atoms with Gasteiger partial charge in [-0.05, 0) is 66.6 Å². The van der Waals surface area contributed by atoms with E-state index >= 15 is 0 Å². The number of benzene rings is 3. The summed E-state index contributed by atoms with van der Waals surface area (Å²) in [7, 11) is 1.55. The number of amides is 2. The molecular formula is C30H36N2O5. The van der Waals surface area contributed by atoms with E-state index in [-0.39, 0.29) is 32.1 Å². The van der Waals surface area contributed by atoms with Gasteiger partial charge in [0.2, 0.25) is 5.91 Å². The van der Waals surface area contributed by atoms with Crippen molar-refractivity contribution in [1.82, 2.24) is 10.6 Å². The van der Waals surface area contributed by atoms with Gasteiger partial charge in [0.15, 0.2) is 11.5 Å². The summed E-state index contributed by atoms with van der Waals surface area (Å²) in [6, 6.07) is 21.4. The first-order chi connectivity index (χ1) is 17.9. The third-order valence-corrected chi connectivity index (χ3v) is 5.97. The molecule has 3 rings (SSSR count). The normalized spacial score (nSPS) is 10.5. The van der Waals surface area contributed by atoms with Crippen molar-refractivity contribution in [3.63, 3.8) is 0 Å². The van der Waals surface area contributed by atoms with Gasteiger partial charge in [-0.2, -0.15) is 0 Å². The van der Waals surface area contributed by atoms with Crippen molar-refractivity contribution in [3.05, 3.63) is 94.5 Å². The van der Waals surface area contributed by atoms with Crippen LogP contribution in [0.15, 0.2) is 66.7 Å². The standard InChI is InChI=1S/C30H36N2O5/c1-22-11-12-24(18-23(22)2)10-7-15-31-29(33)20-26-13-14-27(28(19-26)35-3)36-17-16-32-30(34)37-21-25-8-5-4-6-9-25/h4-6,8-9,11-14,18-19H,7,10,15-17,20-21H2,1-3H3,(H,31,33)(H,32,34). The lowest BCUT2D eigenvalue weighted by molar-refractivity contribution is -0.120. The molecule has 7 nitrogen and oxygen atoms in total. The van der Waals surface area contributed by atoms with Gasteiger partial charge in [0.25, 0.3) is 0 Å². The molecule has 0 saturated carbocycles. The first-order valence-corrected chi connectivity index (χ1v) is 12.5. The number of alkyl carbamates (subject to hydrolysis) is 1. The largest absolute Gasteiger partial charge is 0.493 e. The highest BCUT2D eigenvalue weighted by molar-refractivity contribution is 5.78. The van der Waals surface area contributed by atoms with Crippen molar-refractivity contribution in [2.45, 2.75) is 39.7 Å². The zero-order valence-electron chi connectivity index (χ0n) is 21.8. The van der Waals surface area contributed by atoms with Crippen LogP contribution >= 0.6 is 0 Å². The number of rotatable bonds is 13. The minimum absolute atomic E-state index is 0.0333. The van der Waals surface area contributed by atoms with Crippen LogP contribution in [0.4, 0.5) is 4.79 Å². The molecule has 0 aliphatic carbocycles. The summed E-state index contributed by atoms with van der Waals surface area (Å²) in [4.78, 5) is 24.2. The molecule has 0 aliphatic heterocycles. The molecule has 7 heteroatoms. The number of carbonyl (C=O) groups excluding carboxylic acids is 2. The second kappa shape index (κ2) is 14.5. The summed E-state index contributed by atoms with van der Waals surface area (Å²) in [6.45, 7) is 5.59. The molecule has 0 radical (unpaired) electrons. The van der Waals surface area contributed by atoms with Crippen molar-refractivity contribution in [2.24, 2.45) is 0 Å². The summed E-state index contributed by atoms with van der Waals surface area (Å²) in [6.07, 6.45) is 1.57. The molecule has 0 heterocycles. The highest BCUT2D eigenvalue weighted by atomic mass is 16.5. The molecule has 0 unspecified atom stereocenters. The van der Waals surface area contributed by atoms with Crippen molar-refractivity contribution >= 4 is 12.0 Å². The van der Waals surface area contributed by atoms with Crippen LogP contribution in [-0.2, 0) is 29.0 Å². The fourth-order valence-electron chi connectivity index (χ4n) is 3.76. The highest BCUT2D eigenvalue weighted by Gasteiger charge is 2.10. The van der Waals surface area contributed by atoms with E-state index in [1.165, 1.54) is 16.7 Å². The molecule has 0 saturated heterocycles. The molecule has 0 bridgehead atoms. The number of aryl methyl sites for hydroxylation is 3. The Balaban J connectivity index is 1.35. The lowest BCUT2D eigenvalue weighted by atomic mass is 10.0. The summed E-state index contributed by atoms with van der Waals surface area (Å²) >= 11 is 0. The van der Waals surface area contributed by atoms with E-state index < -0.39 is 6.09 Å². The fraction of sp³-hybridized carbons (Fsp3) is 0.333. The van der Waals surface area contributed by atoms with Crippen LogP contribution in [0.2, 0.25) is 0 Å². The van der Waals surface area contributed by atoms with Crippen LogP contribution in [0, 0.1) is 13.8 Å². The Morgan fingerprint density at radius 2 is 1.57 bits per heavy atom. The lowest BCUT2D eigenvalue weighted by Crippen LogP contribution is -2.28. The number of ether oxygens (including phenoxy) is 3. The Labute approximate surface area is 219 Å². The SMILES string of the molecule is COc1cc(CC(=O)NCCCc2ccc(C)c(C)c2)ccc1OCCNC(=O)OCc1ccccc1. The van der Waals surface area contributed by atoms with Crippen LogP contribution in [0.5, 0.6) is 11.5 Å². The first kappa shape index (κ1) is 27.6. The van der Waals surface area contributed by atoms with Crippen molar-refractivity contribution < 1.29 is 23.8 Å². The van der Waals surface area contributed by atoms with E-state index in [1.54, 1.807) is 19.2 Å². The van der Waals surface area contributed by atoms with Gasteiger partial charge in [0.1, 0.15) is 13.2 Å². The minimum Gasteiger partial charge on any atom is -0.493 e. The van der Waals surface area contributed by atoms with Gasteiger partial charge in [-0.25, -0.2) is 4.79 Å². The molecule has 0 atom stereocenters. The molecule has 196 valence electrons. The van der Waals surface area contributed by atoms with Gasteiger partial charge in [-0.15, -0.1) is 0 Å². The molecule has 2 N–H and O–H groups in total. The van der Waals surface area contributed by atoms with E-state index in [0.717, 1.165) is 24.0 Å². The van der Waals surface area contributed by atoms with Crippen LogP contribution in [0.25, 0.3) is 0 Å².